The number of nitrogens with one attached hydrogen (secondary N) is 2. The van der Waals surface area contributed by atoms with Gasteiger partial charge < -0.3 is 15.4 Å². The van der Waals surface area contributed by atoms with Crippen LogP contribution in [0.15, 0.2) is 0 Å². The largest absolute Gasteiger partial charge is 0.374 e. The number of hydrogen-bond acceptors (Lipinski definition) is 3. The third-order valence-electron chi connectivity index (χ3n) is 2.93. The van der Waals surface area contributed by atoms with E-state index < -0.39 is 0 Å². The molecule has 0 aromatic rings. The Kier molecular flexibility index (Phi) is 6.52. The Morgan fingerprint density at radius 3 is 2.76 bits per heavy atom. The van der Waals surface area contributed by atoms with Crippen molar-refractivity contribution in [1.29, 1.82) is 0 Å². The third kappa shape index (κ3) is 6.64. The minimum Gasteiger partial charge on any atom is -0.374 e. The fourth-order valence-corrected chi connectivity index (χ4v) is 1.91. The zero-order chi connectivity index (χ0) is 12.7. The Hall–Kier alpha value is -0.610. The Morgan fingerprint density at radius 2 is 2.18 bits per heavy atom. The van der Waals surface area contributed by atoms with Crippen molar-refractivity contribution in [3.05, 3.63) is 0 Å². The van der Waals surface area contributed by atoms with Crippen molar-refractivity contribution in [2.75, 3.05) is 19.6 Å². The molecule has 1 saturated heterocycles. The van der Waals surface area contributed by atoms with Gasteiger partial charge in [0.2, 0.25) is 5.91 Å². The summed E-state index contributed by atoms with van der Waals surface area (Å²) >= 11 is 0. The lowest BCUT2D eigenvalue weighted by atomic mass is 10.2. The molecule has 1 rings (SSSR count). The minimum absolute atomic E-state index is 0.131. The Bertz CT molecular complexity index is 231. The van der Waals surface area contributed by atoms with Crippen LogP contribution in [0.25, 0.3) is 0 Å². The van der Waals surface area contributed by atoms with Gasteiger partial charge in [0, 0.05) is 26.1 Å². The summed E-state index contributed by atoms with van der Waals surface area (Å²) < 4.78 is 5.68. The van der Waals surface area contributed by atoms with Crippen LogP contribution < -0.4 is 10.6 Å². The van der Waals surface area contributed by atoms with E-state index >= 15 is 0 Å². The van der Waals surface area contributed by atoms with Gasteiger partial charge in [-0.1, -0.05) is 13.8 Å². The van der Waals surface area contributed by atoms with Crippen molar-refractivity contribution < 1.29 is 9.53 Å². The van der Waals surface area contributed by atoms with Gasteiger partial charge in [-0.05, 0) is 25.7 Å². The smallest absolute Gasteiger partial charge is 0.221 e. The van der Waals surface area contributed by atoms with Crippen LogP contribution in [-0.2, 0) is 9.53 Å². The molecule has 2 unspecified atom stereocenters. The molecular weight excluding hydrogens is 216 g/mol. The predicted molar refractivity (Wildman–Crippen MR) is 68.9 cm³/mol. The second-order valence-corrected chi connectivity index (χ2v) is 5.30. The van der Waals surface area contributed by atoms with Gasteiger partial charge in [-0.25, -0.2) is 0 Å². The van der Waals surface area contributed by atoms with Crippen LogP contribution in [0, 0.1) is 5.92 Å². The van der Waals surface area contributed by atoms with Gasteiger partial charge >= 0.3 is 0 Å². The van der Waals surface area contributed by atoms with E-state index in [4.69, 9.17) is 4.74 Å². The van der Waals surface area contributed by atoms with Crippen molar-refractivity contribution in [2.45, 2.75) is 52.2 Å². The van der Waals surface area contributed by atoms with E-state index in [1.807, 2.05) is 0 Å². The zero-order valence-electron chi connectivity index (χ0n) is 11.3. The van der Waals surface area contributed by atoms with Crippen molar-refractivity contribution >= 4 is 5.91 Å². The van der Waals surface area contributed by atoms with Crippen molar-refractivity contribution in [2.24, 2.45) is 5.92 Å². The number of amides is 1. The lowest BCUT2D eigenvalue weighted by Crippen LogP contribution is -2.33. The maximum absolute atomic E-state index is 11.4. The van der Waals surface area contributed by atoms with Crippen molar-refractivity contribution in [3.63, 3.8) is 0 Å². The summed E-state index contributed by atoms with van der Waals surface area (Å²) in [6.07, 6.45) is 3.57. The first-order valence-electron chi connectivity index (χ1n) is 6.70. The quantitative estimate of drug-likeness (QED) is 0.662. The lowest BCUT2D eigenvalue weighted by Gasteiger charge is -2.12. The maximum Gasteiger partial charge on any atom is 0.221 e. The van der Waals surface area contributed by atoms with Crippen LogP contribution in [-0.4, -0.2) is 37.7 Å². The van der Waals surface area contributed by atoms with Gasteiger partial charge in [0.05, 0.1) is 12.2 Å². The molecule has 0 aliphatic carbocycles. The highest BCUT2D eigenvalue weighted by molar-refractivity contribution is 5.76. The lowest BCUT2D eigenvalue weighted by molar-refractivity contribution is -0.121. The van der Waals surface area contributed by atoms with Crippen LogP contribution in [0.5, 0.6) is 0 Å². The topological polar surface area (TPSA) is 50.4 Å². The minimum atomic E-state index is 0.131. The van der Waals surface area contributed by atoms with Crippen LogP contribution in [0.3, 0.4) is 0 Å². The highest BCUT2D eigenvalue weighted by atomic mass is 16.5. The molecule has 2 atom stereocenters. The van der Waals surface area contributed by atoms with Gasteiger partial charge in [0.25, 0.3) is 0 Å². The van der Waals surface area contributed by atoms with Gasteiger partial charge in [-0.3, -0.25) is 4.79 Å². The van der Waals surface area contributed by atoms with Gasteiger partial charge in [0.15, 0.2) is 0 Å². The highest BCUT2D eigenvalue weighted by Gasteiger charge is 2.20. The summed E-state index contributed by atoms with van der Waals surface area (Å²) in [5.41, 5.74) is 0. The van der Waals surface area contributed by atoms with Gasteiger partial charge in [-0.2, -0.15) is 0 Å². The predicted octanol–water partition coefficient (Wildman–Crippen LogP) is 1.31. The molecule has 0 aromatic carbocycles. The average Bonchev–Trinajstić information content (AvgIpc) is 2.68. The first-order chi connectivity index (χ1) is 8.08. The summed E-state index contributed by atoms with van der Waals surface area (Å²) in [5, 5.41) is 6.19. The molecule has 4 nitrogen and oxygen atoms in total. The van der Waals surface area contributed by atoms with Crippen LogP contribution in [0.1, 0.15) is 40.0 Å². The second kappa shape index (κ2) is 7.67. The first kappa shape index (κ1) is 14.5. The molecule has 1 amide bonds. The standard InChI is InChI=1S/C13H26N2O2/c1-10(2)8-15-13(16)6-7-14-9-12-5-4-11(3)17-12/h10-12,14H,4-9H2,1-3H3,(H,15,16). The van der Waals surface area contributed by atoms with Gasteiger partial charge in [0.1, 0.15) is 0 Å². The summed E-state index contributed by atoms with van der Waals surface area (Å²) in [6, 6.07) is 0. The Balaban J connectivity index is 1.95. The fraction of sp³-hybridized carbons (Fsp3) is 0.923. The van der Waals surface area contributed by atoms with Crippen LogP contribution >= 0.6 is 0 Å². The SMILES string of the molecule is CC(C)CNC(=O)CCNCC1CCC(C)O1. The number of carbonyl (C=O) groups excluding carboxylic acids is 1. The molecular formula is C13H26N2O2. The van der Waals surface area contributed by atoms with Crippen molar-refractivity contribution in [3.8, 4) is 0 Å². The molecule has 1 aliphatic rings. The molecule has 0 aromatic heterocycles. The molecule has 2 N–H and O–H groups in total. The summed E-state index contributed by atoms with van der Waals surface area (Å²) in [7, 11) is 0. The van der Waals surface area contributed by atoms with Crippen molar-refractivity contribution in [1.82, 2.24) is 10.6 Å². The van der Waals surface area contributed by atoms with E-state index in [1.54, 1.807) is 0 Å². The van der Waals surface area contributed by atoms with E-state index in [9.17, 15) is 4.79 Å². The normalized spacial score (nSPS) is 24.2. The van der Waals surface area contributed by atoms with Crippen LogP contribution in [0.4, 0.5) is 0 Å². The molecule has 4 heteroatoms. The van der Waals surface area contributed by atoms with E-state index in [0.717, 1.165) is 32.5 Å². The maximum atomic E-state index is 11.4. The average molecular weight is 242 g/mol. The van der Waals surface area contributed by atoms with Gasteiger partial charge in [-0.15, -0.1) is 0 Å². The fourth-order valence-electron chi connectivity index (χ4n) is 1.91. The molecule has 100 valence electrons. The Labute approximate surface area is 104 Å². The molecule has 17 heavy (non-hydrogen) atoms. The molecule has 0 bridgehead atoms. The summed E-state index contributed by atoms with van der Waals surface area (Å²) in [4.78, 5) is 11.4. The molecule has 0 radical (unpaired) electrons. The zero-order valence-corrected chi connectivity index (χ0v) is 11.3. The second-order valence-electron chi connectivity index (χ2n) is 5.30. The summed E-state index contributed by atoms with van der Waals surface area (Å²) in [5.74, 6) is 0.646. The Morgan fingerprint density at radius 1 is 1.41 bits per heavy atom. The van der Waals surface area contributed by atoms with E-state index in [0.29, 0.717) is 24.5 Å². The number of carbonyl (C=O) groups is 1. The number of ether oxygens (including phenoxy) is 1. The third-order valence-corrected chi connectivity index (χ3v) is 2.93. The monoisotopic (exact) mass is 242 g/mol. The highest BCUT2D eigenvalue weighted by Crippen LogP contribution is 2.17. The first-order valence-corrected chi connectivity index (χ1v) is 6.70. The van der Waals surface area contributed by atoms with Crippen LogP contribution in [0.2, 0.25) is 0 Å². The van der Waals surface area contributed by atoms with E-state index in [2.05, 4.69) is 31.4 Å². The molecule has 1 heterocycles. The summed E-state index contributed by atoms with van der Waals surface area (Å²) in [6.45, 7) is 8.66. The van der Waals surface area contributed by atoms with E-state index in [1.165, 1.54) is 0 Å². The molecule has 1 aliphatic heterocycles. The molecule has 0 saturated carbocycles. The number of hydrogen-bond donors (Lipinski definition) is 2. The molecule has 0 spiro atoms. The molecule has 1 fully saturated rings. The van der Waals surface area contributed by atoms with E-state index in [-0.39, 0.29) is 5.91 Å². The number of rotatable bonds is 7.